The maximum atomic E-state index is 12.0. The van der Waals surface area contributed by atoms with Crippen LogP contribution in [0.2, 0.25) is 0 Å². The number of methoxy groups -OCH3 is 1. The lowest BCUT2D eigenvalue weighted by Gasteiger charge is -2.36. The van der Waals surface area contributed by atoms with Crippen LogP contribution in [0.15, 0.2) is 24.3 Å². The van der Waals surface area contributed by atoms with Gasteiger partial charge in [-0.1, -0.05) is 12.1 Å². The number of esters is 1. The number of hydrogen-bond acceptors (Lipinski definition) is 4. The van der Waals surface area contributed by atoms with Crippen LogP contribution < -0.4 is 0 Å². The van der Waals surface area contributed by atoms with Gasteiger partial charge in [-0.25, -0.2) is 4.79 Å². The summed E-state index contributed by atoms with van der Waals surface area (Å²) in [7, 11) is 1.40. The number of carbonyl (C=O) groups excluding carboxylic acids is 2. The second kappa shape index (κ2) is 8.48. The number of rotatable bonds is 5. The lowest BCUT2D eigenvalue weighted by Crippen LogP contribution is -2.42. The molecule has 2 aliphatic rings. The smallest absolute Gasteiger partial charge is 0.337 e. The Bertz CT molecular complexity index is 591. The van der Waals surface area contributed by atoms with Crippen molar-refractivity contribution in [2.75, 3.05) is 33.3 Å². The van der Waals surface area contributed by atoms with Crippen molar-refractivity contribution < 1.29 is 14.3 Å². The van der Waals surface area contributed by atoms with E-state index in [1.54, 1.807) is 0 Å². The molecule has 2 saturated heterocycles. The maximum absolute atomic E-state index is 12.0. The molecule has 136 valence electrons. The van der Waals surface area contributed by atoms with Crippen molar-refractivity contribution in [3.05, 3.63) is 35.4 Å². The number of amides is 1. The molecule has 2 heterocycles. The molecule has 0 unspecified atom stereocenters. The quantitative estimate of drug-likeness (QED) is 0.771. The summed E-state index contributed by atoms with van der Waals surface area (Å²) in [6.07, 6.45) is 5.27. The molecule has 25 heavy (non-hydrogen) atoms. The molecule has 0 saturated carbocycles. The van der Waals surface area contributed by atoms with E-state index in [1.165, 1.54) is 12.7 Å². The van der Waals surface area contributed by atoms with Crippen LogP contribution in [0.5, 0.6) is 0 Å². The Balaban J connectivity index is 1.44. The molecule has 5 nitrogen and oxygen atoms in total. The van der Waals surface area contributed by atoms with E-state index in [1.807, 2.05) is 24.3 Å². The van der Waals surface area contributed by atoms with Gasteiger partial charge in [-0.15, -0.1) is 0 Å². The highest BCUT2D eigenvalue weighted by atomic mass is 16.5. The van der Waals surface area contributed by atoms with Crippen molar-refractivity contribution in [2.45, 2.75) is 38.6 Å². The SMILES string of the molecule is COC(=O)c1ccc(CN2CCC(CN3CCCCC3=O)CC2)cc1. The summed E-state index contributed by atoms with van der Waals surface area (Å²) in [6.45, 7) is 4.96. The molecular weight excluding hydrogens is 316 g/mol. The summed E-state index contributed by atoms with van der Waals surface area (Å²) in [4.78, 5) is 28.0. The highest BCUT2D eigenvalue weighted by molar-refractivity contribution is 5.89. The van der Waals surface area contributed by atoms with E-state index in [0.29, 0.717) is 17.4 Å². The number of benzene rings is 1. The van der Waals surface area contributed by atoms with Crippen LogP contribution in [0.25, 0.3) is 0 Å². The van der Waals surface area contributed by atoms with Crippen LogP contribution in [-0.4, -0.2) is 55.0 Å². The van der Waals surface area contributed by atoms with Crippen LogP contribution >= 0.6 is 0 Å². The maximum Gasteiger partial charge on any atom is 0.337 e. The Hall–Kier alpha value is -1.88. The highest BCUT2D eigenvalue weighted by Gasteiger charge is 2.25. The van der Waals surface area contributed by atoms with Crippen molar-refractivity contribution in [3.63, 3.8) is 0 Å². The van der Waals surface area contributed by atoms with Gasteiger partial charge in [0, 0.05) is 26.1 Å². The minimum Gasteiger partial charge on any atom is -0.465 e. The predicted molar refractivity (Wildman–Crippen MR) is 96.2 cm³/mol. The molecule has 0 aromatic heterocycles. The third-order valence-electron chi connectivity index (χ3n) is 5.39. The predicted octanol–water partition coefficient (Wildman–Crippen LogP) is 2.70. The number of likely N-dealkylation sites (tertiary alicyclic amines) is 2. The Morgan fingerprint density at radius 3 is 2.48 bits per heavy atom. The van der Waals surface area contributed by atoms with Gasteiger partial charge in [-0.3, -0.25) is 9.69 Å². The fraction of sp³-hybridized carbons (Fsp3) is 0.600. The molecule has 1 amide bonds. The van der Waals surface area contributed by atoms with E-state index in [2.05, 4.69) is 9.80 Å². The molecular formula is C20H28N2O3. The summed E-state index contributed by atoms with van der Waals surface area (Å²) in [5.41, 5.74) is 1.81. The van der Waals surface area contributed by atoms with Crippen molar-refractivity contribution >= 4 is 11.9 Å². The summed E-state index contributed by atoms with van der Waals surface area (Å²) in [5.74, 6) is 0.694. The van der Waals surface area contributed by atoms with E-state index in [9.17, 15) is 9.59 Å². The number of hydrogen-bond donors (Lipinski definition) is 0. The molecule has 3 rings (SSSR count). The molecule has 2 fully saturated rings. The average molecular weight is 344 g/mol. The summed E-state index contributed by atoms with van der Waals surface area (Å²) in [5, 5.41) is 0. The zero-order chi connectivity index (χ0) is 17.6. The summed E-state index contributed by atoms with van der Waals surface area (Å²) in [6, 6.07) is 7.67. The molecule has 0 N–H and O–H groups in total. The van der Waals surface area contributed by atoms with Crippen molar-refractivity contribution in [3.8, 4) is 0 Å². The zero-order valence-corrected chi connectivity index (χ0v) is 15.1. The molecule has 1 aromatic rings. The van der Waals surface area contributed by atoms with Gasteiger partial charge in [-0.2, -0.15) is 0 Å². The van der Waals surface area contributed by atoms with E-state index < -0.39 is 0 Å². The van der Waals surface area contributed by atoms with Crippen LogP contribution in [0.4, 0.5) is 0 Å². The van der Waals surface area contributed by atoms with Gasteiger partial charge in [0.15, 0.2) is 0 Å². The molecule has 2 aliphatic heterocycles. The second-order valence-electron chi connectivity index (χ2n) is 7.20. The van der Waals surface area contributed by atoms with E-state index in [4.69, 9.17) is 4.74 Å². The summed E-state index contributed by atoms with van der Waals surface area (Å²) < 4.78 is 4.73. The lowest BCUT2D eigenvalue weighted by atomic mass is 9.95. The first-order chi connectivity index (χ1) is 12.2. The van der Waals surface area contributed by atoms with E-state index >= 15 is 0 Å². The highest BCUT2D eigenvalue weighted by Crippen LogP contribution is 2.22. The molecule has 1 aromatic carbocycles. The Kier molecular flexibility index (Phi) is 6.08. The Labute approximate surface area is 149 Å². The monoisotopic (exact) mass is 344 g/mol. The van der Waals surface area contributed by atoms with Crippen LogP contribution in [0.1, 0.15) is 48.0 Å². The van der Waals surface area contributed by atoms with Crippen LogP contribution in [-0.2, 0) is 16.1 Å². The molecule has 0 bridgehead atoms. The third-order valence-corrected chi connectivity index (χ3v) is 5.39. The number of nitrogens with zero attached hydrogens (tertiary/aromatic N) is 2. The number of ether oxygens (including phenoxy) is 1. The Morgan fingerprint density at radius 2 is 1.84 bits per heavy atom. The van der Waals surface area contributed by atoms with Gasteiger partial charge < -0.3 is 9.64 Å². The first-order valence-electron chi connectivity index (χ1n) is 9.33. The van der Waals surface area contributed by atoms with Gasteiger partial charge in [-0.05, 0) is 62.4 Å². The lowest BCUT2D eigenvalue weighted by molar-refractivity contribution is -0.134. The van der Waals surface area contributed by atoms with Gasteiger partial charge in [0.25, 0.3) is 0 Å². The van der Waals surface area contributed by atoms with E-state index in [0.717, 1.165) is 64.8 Å². The van der Waals surface area contributed by atoms with Crippen molar-refractivity contribution in [2.24, 2.45) is 5.92 Å². The zero-order valence-electron chi connectivity index (χ0n) is 15.1. The summed E-state index contributed by atoms with van der Waals surface area (Å²) >= 11 is 0. The van der Waals surface area contributed by atoms with Gasteiger partial charge >= 0.3 is 5.97 Å². The normalized spacial score (nSPS) is 19.9. The molecule has 0 atom stereocenters. The standard InChI is InChI=1S/C20H28N2O3/c1-25-20(24)18-7-5-16(6-8-18)14-21-12-9-17(10-13-21)15-22-11-3-2-4-19(22)23/h5-8,17H,2-4,9-15H2,1H3. The van der Waals surface area contributed by atoms with Crippen LogP contribution in [0, 0.1) is 5.92 Å². The average Bonchev–Trinajstić information content (AvgIpc) is 2.65. The second-order valence-corrected chi connectivity index (χ2v) is 7.20. The molecule has 5 heteroatoms. The van der Waals surface area contributed by atoms with Gasteiger partial charge in [0.2, 0.25) is 5.91 Å². The Morgan fingerprint density at radius 1 is 1.12 bits per heavy atom. The van der Waals surface area contributed by atoms with Crippen LogP contribution in [0.3, 0.4) is 0 Å². The fourth-order valence-corrected chi connectivity index (χ4v) is 3.82. The van der Waals surface area contributed by atoms with Crippen molar-refractivity contribution in [1.29, 1.82) is 0 Å². The number of carbonyl (C=O) groups is 2. The first-order valence-corrected chi connectivity index (χ1v) is 9.33. The third kappa shape index (κ3) is 4.82. The minimum atomic E-state index is -0.292. The first kappa shape index (κ1) is 17.9. The van der Waals surface area contributed by atoms with E-state index in [-0.39, 0.29) is 5.97 Å². The molecule has 0 radical (unpaired) electrons. The molecule has 0 aliphatic carbocycles. The topological polar surface area (TPSA) is 49.9 Å². The van der Waals surface area contributed by atoms with Gasteiger partial charge in [0.1, 0.15) is 0 Å². The largest absolute Gasteiger partial charge is 0.465 e. The fourth-order valence-electron chi connectivity index (χ4n) is 3.82. The number of piperidine rings is 2. The minimum absolute atomic E-state index is 0.292. The van der Waals surface area contributed by atoms with Crippen molar-refractivity contribution in [1.82, 2.24) is 9.80 Å². The molecule has 0 spiro atoms. The van der Waals surface area contributed by atoms with Gasteiger partial charge in [0.05, 0.1) is 12.7 Å².